The van der Waals surface area contributed by atoms with Crippen LogP contribution in [0.3, 0.4) is 0 Å². The Kier molecular flexibility index (Phi) is 5.36. The minimum absolute atomic E-state index is 0.123. The second kappa shape index (κ2) is 7.55. The van der Waals surface area contributed by atoms with E-state index in [-0.39, 0.29) is 5.82 Å². The van der Waals surface area contributed by atoms with Gasteiger partial charge in [-0.2, -0.15) is 22.5 Å². The first kappa shape index (κ1) is 19.2. The lowest BCUT2D eigenvalue weighted by Gasteiger charge is -2.13. The quantitative estimate of drug-likeness (QED) is 0.565. The van der Waals surface area contributed by atoms with Gasteiger partial charge in [0.1, 0.15) is 19.0 Å². The lowest BCUT2D eigenvalue weighted by Crippen LogP contribution is -2.10. The Hall–Kier alpha value is -2.62. The van der Waals surface area contributed by atoms with Crippen molar-refractivity contribution in [2.75, 3.05) is 13.2 Å². The van der Waals surface area contributed by atoms with Crippen LogP contribution in [0.25, 0.3) is 11.4 Å². The molecule has 0 N–H and O–H groups in total. The second-order valence-electron chi connectivity index (χ2n) is 5.83. The van der Waals surface area contributed by atoms with Gasteiger partial charge >= 0.3 is 12.1 Å². The molecule has 0 saturated heterocycles. The lowest BCUT2D eigenvalue weighted by atomic mass is 10.1. The van der Waals surface area contributed by atoms with Crippen LogP contribution in [0.4, 0.5) is 13.2 Å². The smallest absolute Gasteiger partial charge is 0.471 e. The Morgan fingerprint density at radius 2 is 1.70 bits per heavy atom. The minimum Gasteiger partial charge on any atom is -0.489 e. The van der Waals surface area contributed by atoms with Crippen molar-refractivity contribution in [1.82, 2.24) is 14.5 Å². The number of hydrogen-bond acceptors (Lipinski definition) is 7. The van der Waals surface area contributed by atoms with E-state index in [1.807, 2.05) is 13.0 Å². The van der Waals surface area contributed by atoms with Gasteiger partial charge in [-0.3, -0.25) is 0 Å². The molecule has 0 unspecified atom stereocenters. The third kappa shape index (κ3) is 4.57. The van der Waals surface area contributed by atoms with Gasteiger partial charge in [0.15, 0.2) is 0 Å². The molecular formula is C17H16F3N3O3S. The van der Waals surface area contributed by atoms with Gasteiger partial charge in [-0.15, -0.1) is 0 Å². The van der Waals surface area contributed by atoms with Gasteiger partial charge in [0.2, 0.25) is 11.7 Å². The Bertz CT molecular complexity index is 914. The van der Waals surface area contributed by atoms with E-state index in [2.05, 4.69) is 19.0 Å². The van der Waals surface area contributed by atoms with Gasteiger partial charge in [0.25, 0.3) is 0 Å². The van der Waals surface area contributed by atoms with E-state index in [4.69, 9.17) is 9.47 Å². The summed E-state index contributed by atoms with van der Waals surface area (Å²) in [5.41, 5.74) is 1.91. The number of ether oxygens (including phenoxy) is 2. The highest BCUT2D eigenvalue weighted by Crippen LogP contribution is 2.32. The van der Waals surface area contributed by atoms with E-state index in [0.717, 1.165) is 16.0 Å². The third-order valence-corrected chi connectivity index (χ3v) is 4.25. The molecule has 27 heavy (non-hydrogen) atoms. The number of nitrogens with zero attached hydrogens (tertiary/aromatic N) is 3. The molecule has 6 nitrogen and oxygen atoms in total. The molecule has 2 heterocycles. The monoisotopic (exact) mass is 399 g/mol. The van der Waals surface area contributed by atoms with E-state index in [1.54, 1.807) is 26.0 Å². The molecule has 0 atom stereocenters. The number of alkyl halides is 3. The fraction of sp³-hybridized carbons (Fsp3) is 0.353. The first-order valence-corrected chi connectivity index (χ1v) is 8.73. The number of rotatable bonds is 6. The average molecular weight is 399 g/mol. The molecule has 2 aromatic heterocycles. The van der Waals surface area contributed by atoms with Crippen molar-refractivity contribution in [1.29, 1.82) is 0 Å². The highest BCUT2D eigenvalue weighted by atomic mass is 32.1. The third-order valence-electron chi connectivity index (χ3n) is 3.57. The van der Waals surface area contributed by atoms with E-state index in [9.17, 15) is 13.2 Å². The van der Waals surface area contributed by atoms with E-state index < -0.39 is 12.1 Å². The largest absolute Gasteiger partial charge is 0.489 e. The molecule has 0 aliphatic rings. The molecule has 0 amide bonds. The maximum atomic E-state index is 12.6. The van der Waals surface area contributed by atoms with Crippen molar-refractivity contribution < 1.29 is 27.2 Å². The standard InChI is InChI=1S/C17H16F3N3O3S/c1-9-6-12(15-21-16(26-22-15)17(18,19)20)7-10(2)14(9)25-5-4-24-13-8-11(3)27-23-13/h6-8H,4-5H2,1-3H3. The molecule has 144 valence electrons. The summed E-state index contributed by atoms with van der Waals surface area (Å²) >= 11 is 1.36. The SMILES string of the molecule is Cc1cc(OCCOc2c(C)cc(-c3noc(C(F)(F)F)n3)cc2C)ns1. The Morgan fingerprint density at radius 1 is 1.04 bits per heavy atom. The summed E-state index contributed by atoms with van der Waals surface area (Å²) in [7, 11) is 0. The molecule has 1 aromatic carbocycles. The molecule has 0 aliphatic carbocycles. The van der Waals surface area contributed by atoms with Gasteiger partial charge in [0.05, 0.1) is 0 Å². The molecule has 0 saturated carbocycles. The van der Waals surface area contributed by atoms with Crippen LogP contribution in [0.15, 0.2) is 22.7 Å². The van der Waals surface area contributed by atoms with E-state index in [0.29, 0.717) is 30.4 Å². The number of hydrogen-bond donors (Lipinski definition) is 0. The molecule has 3 aromatic rings. The van der Waals surface area contributed by atoms with Crippen molar-refractivity contribution in [3.8, 4) is 23.0 Å². The molecule has 0 bridgehead atoms. The predicted octanol–water partition coefficient (Wildman–Crippen LogP) is 4.59. The number of benzene rings is 1. The number of halogens is 3. The Labute approximate surface area is 157 Å². The van der Waals surface area contributed by atoms with Crippen LogP contribution in [0.2, 0.25) is 0 Å². The van der Waals surface area contributed by atoms with Crippen LogP contribution in [-0.4, -0.2) is 27.7 Å². The van der Waals surface area contributed by atoms with Gasteiger partial charge < -0.3 is 14.0 Å². The van der Waals surface area contributed by atoms with Crippen LogP contribution in [0.5, 0.6) is 11.6 Å². The van der Waals surface area contributed by atoms with Gasteiger partial charge in [-0.1, -0.05) is 5.16 Å². The molecule has 0 aliphatic heterocycles. The summed E-state index contributed by atoms with van der Waals surface area (Å²) in [5, 5.41) is 3.40. The first-order valence-electron chi connectivity index (χ1n) is 7.95. The van der Waals surface area contributed by atoms with Crippen molar-refractivity contribution in [2.45, 2.75) is 26.9 Å². The zero-order chi connectivity index (χ0) is 19.6. The van der Waals surface area contributed by atoms with E-state index in [1.165, 1.54) is 11.5 Å². The molecule has 0 radical (unpaired) electrons. The molecule has 3 rings (SSSR count). The number of aryl methyl sites for hydroxylation is 3. The van der Waals surface area contributed by atoms with E-state index >= 15 is 0 Å². The summed E-state index contributed by atoms with van der Waals surface area (Å²) < 4.78 is 57.5. The second-order valence-corrected chi connectivity index (χ2v) is 6.84. The fourth-order valence-electron chi connectivity index (χ4n) is 2.46. The average Bonchev–Trinajstić information content (AvgIpc) is 3.22. The Morgan fingerprint density at radius 3 is 2.26 bits per heavy atom. The normalized spacial score (nSPS) is 11.6. The zero-order valence-corrected chi connectivity index (χ0v) is 15.6. The summed E-state index contributed by atoms with van der Waals surface area (Å²) in [6.07, 6.45) is -4.67. The maximum absolute atomic E-state index is 12.6. The fourth-order valence-corrected chi connectivity index (χ4v) is 2.96. The molecular weight excluding hydrogens is 383 g/mol. The highest BCUT2D eigenvalue weighted by Gasteiger charge is 2.38. The van der Waals surface area contributed by atoms with Gasteiger partial charge in [0, 0.05) is 16.5 Å². The molecule has 0 spiro atoms. The van der Waals surface area contributed by atoms with Gasteiger partial charge in [-0.05, 0) is 55.6 Å². The summed E-state index contributed by atoms with van der Waals surface area (Å²) in [6.45, 7) is 6.15. The molecule has 0 fully saturated rings. The summed E-state index contributed by atoms with van der Waals surface area (Å²) in [5.74, 6) is -0.302. The van der Waals surface area contributed by atoms with Crippen LogP contribution in [0.1, 0.15) is 21.9 Å². The minimum atomic E-state index is -4.67. The predicted molar refractivity (Wildman–Crippen MR) is 92.1 cm³/mol. The lowest BCUT2D eigenvalue weighted by molar-refractivity contribution is -0.159. The molecule has 10 heteroatoms. The van der Waals surface area contributed by atoms with Gasteiger partial charge in [-0.25, -0.2) is 0 Å². The van der Waals surface area contributed by atoms with Crippen molar-refractivity contribution >= 4 is 11.5 Å². The topological polar surface area (TPSA) is 70.3 Å². The van der Waals surface area contributed by atoms with Crippen LogP contribution < -0.4 is 9.47 Å². The Balaban J connectivity index is 1.66. The number of aromatic nitrogens is 3. The maximum Gasteiger partial charge on any atom is 0.471 e. The summed E-state index contributed by atoms with van der Waals surface area (Å²) in [4.78, 5) is 4.46. The van der Waals surface area contributed by atoms with Crippen LogP contribution in [-0.2, 0) is 6.18 Å². The zero-order valence-electron chi connectivity index (χ0n) is 14.8. The summed E-state index contributed by atoms with van der Waals surface area (Å²) in [6, 6.07) is 5.14. The van der Waals surface area contributed by atoms with Crippen molar-refractivity contribution in [3.63, 3.8) is 0 Å². The van der Waals surface area contributed by atoms with Crippen LogP contribution >= 0.6 is 11.5 Å². The first-order chi connectivity index (χ1) is 12.7. The van der Waals surface area contributed by atoms with Crippen molar-refractivity contribution in [3.05, 3.63) is 40.1 Å². The highest BCUT2D eigenvalue weighted by molar-refractivity contribution is 7.05. The van der Waals surface area contributed by atoms with Crippen LogP contribution in [0, 0.1) is 20.8 Å². The van der Waals surface area contributed by atoms with Crippen molar-refractivity contribution in [2.24, 2.45) is 0 Å².